The standard InChI is InChI=1S/C17H29N3S/c1-12(2)19-17(9-10-20(4)13(3)11-17)16-18-14-7-5-6-8-15(14)21-16/h12-13,19H,5-11H2,1-4H3. The van der Waals surface area contributed by atoms with Crippen molar-refractivity contribution in [3.8, 4) is 0 Å². The molecule has 0 saturated carbocycles. The third-order valence-corrected chi connectivity index (χ3v) is 6.47. The molecule has 0 amide bonds. The molecule has 0 spiro atoms. The van der Waals surface area contributed by atoms with Gasteiger partial charge < -0.3 is 10.2 Å². The Bertz CT molecular complexity index is 473. The van der Waals surface area contributed by atoms with Crippen LogP contribution in [0.5, 0.6) is 0 Å². The van der Waals surface area contributed by atoms with Crippen LogP contribution < -0.4 is 5.32 Å². The average Bonchev–Trinajstić information content (AvgIpc) is 2.87. The van der Waals surface area contributed by atoms with Gasteiger partial charge in [0, 0.05) is 23.5 Å². The van der Waals surface area contributed by atoms with E-state index in [1.165, 1.54) is 49.2 Å². The number of nitrogens with zero attached hydrogens (tertiary/aromatic N) is 2. The number of likely N-dealkylation sites (tertiary alicyclic amines) is 1. The van der Waals surface area contributed by atoms with Gasteiger partial charge in [-0.2, -0.15) is 0 Å². The second-order valence-corrected chi connectivity index (χ2v) is 8.34. The minimum absolute atomic E-state index is 0.0993. The van der Waals surface area contributed by atoms with Crippen LogP contribution in [-0.2, 0) is 18.4 Å². The molecule has 1 saturated heterocycles. The SMILES string of the molecule is CC(C)NC1(c2nc3c(s2)CCCC3)CCN(C)C(C)C1. The molecule has 2 atom stereocenters. The van der Waals surface area contributed by atoms with E-state index < -0.39 is 0 Å². The number of thiazole rings is 1. The van der Waals surface area contributed by atoms with E-state index in [1.54, 1.807) is 4.88 Å². The Morgan fingerprint density at radius 2 is 2.10 bits per heavy atom. The van der Waals surface area contributed by atoms with Gasteiger partial charge in [0.25, 0.3) is 0 Å². The molecule has 0 aromatic carbocycles. The first-order chi connectivity index (χ1) is 10.00. The number of fused-ring (bicyclic) bond motifs is 1. The quantitative estimate of drug-likeness (QED) is 0.928. The number of hydrogen-bond donors (Lipinski definition) is 1. The Morgan fingerprint density at radius 3 is 2.76 bits per heavy atom. The van der Waals surface area contributed by atoms with Gasteiger partial charge in [-0.25, -0.2) is 4.98 Å². The van der Waals surface area contributed by atoms with Crippen molar-refractivity contribution in [3.63, 3.8) is 0 Å². The normalized spacial score (nSPS) is 30.6. The van der Waals surface area contributed by atoms with Crippen LogP contribution in [0.25, 0.3) is 0 Å². The van der Waals surface area contributed by atoms with Gasteiger partial charge in [-0.3, -0.25) is 0 Å². The fourth-order valence-corrected chi connectivity index (χ4v) is 5.19. The lowest BCUT2D eigenvalue weighted by atomic mass is 9.83. The summed E-state index contributed by atoms with van der Waals surface area (Å²) in [6, 6.07) is 1.12. The average molecular weight is 308 g/mol. The lowest BCUT2D eigenvalue weighted by Crippen LogP contribution is -2.55. The van der Waals surface area contributed by atoms with E-state index in [0.29, 0.717) is 12.1 Å². The maximum Gasteiger partial charge on any atom is 0.113 e. The van der Waals surface area contributed by atoms with Crippen LogP contribution in [0, 0.1) is 0 Å². The lowest BCUT2D eigenvalue weighted by Gasteiger charge is -2.45. The Labute approximate surface area is 133 Å². The Kier molecular flexibility index (Phi) is 4.40. The van der Waals surface area contributed by atoms with E-state index in [4.69, 9.17) is 4.98 Å². The zero-order chi connectivity index (χ0) is 15.0. The van der Waals surface area contributed by atoms with Crippen molar-refractivity contribution < 1.29 is 0 Å². The fourth-order valence-electron chi connectivity index (χ4n) is 3.85. The van der Waals surface area contributed by atoms with Crippen molar-refractivity contribution in [2.24, 2.45) is 0 Å². The predicted octanol–water partition coefficient (Wildman–Crippen LogP) is 3.33. The first-order valence-corrected chi connectivity index (χ1v) is 9.29. The number of rotatable bonds is 3. The second-order valence-electron chi connectivity index (χ2n) is 7.26. The minimum Gasteiger partial charge on any atom is -0.304 e. The molecule has 118 valence electrons. The van der Waals surface area contributed by atoms with E-state index in [0.717, 1.165) is 6.54 Å². The molecule has 1 aliphatic heterocycles. The Balaban J connectivity index is 1.93. The van der Waals surface area contributed by atoms with E-state index in [9.17, 15) is 0 Å². The fraction of sp³-hybridized carbons (Fsp3) is 0.824. The monoisotopic (exact) mass is 307 g/mol. The third-order valence-electron chi connectivity index (χ3n) is 5.11. The van der Waals surface area contributed by atoms with Gasteiger partial charge in [0.05, 0.1) is 11.2 Å². The second kappa shape index (κ2) is 5.98. The summed E-state index contributed by atoms with van der Waals surface area (Å²) in [6.45, 7) is 8.03. The molecular weight excluding hydrogens is 278 g/mol. The lowest BCUT2D eigenvalue weighted by molar-refractivity contribution is 0.0991. The molecule has 0 bridgehead atoms. The first-order valence-electron chi connectivity index (χ1n) is 8.47. The highest BCUT2D eigenvalue weighted by Crippen LogP contribution is 2.40. The summed E-state index contributed by atoms with van der Waals surface area (Å²) in [6.07, 6.45) is 7.46. The molecule has 4 heteroatoms. The van der Waals surface area contributed by atoms with E-state index in [1.807, 2.05) is 11.3 Å². The number of aromatic nitrogens is 1. The van der Waals surface area contributed by atoms with Gasteiger partial charge in [-0.05, 0) is 66.3 Å². The zero-order valence-corrected chi connectivity index (χ0v) is 14.7. The summed E-state index contributed by atoms with van der Waals surface area (Å²) in [5.41, 5.74) is 1.50. The molecular formula is C17H29N3S. The van der Waals surface area contributed by atoms with Crippen LogP contribution in [0.3, 0.4) is 0 Å². The molecule has 1 aliphatic carbocycles. The van der Waals surface area contributed by atoms with Crippen molar-refractivity contribution in [2.75, 3.05) is 13.6 Å². The summed E-state index contributed by atoms with van der Waals surface area (Å²) in [7, 11) is 2.25. The highest BCUT2D eigenvalue weighted by molar-refractivity contribution is 7.11. The molecule has 2 unspecified atom stereocenters. The molecule has 1 aromatic rings. The first kappa shape index (κ1) is 15.4. The van der Waals surface area contributed by atoms with Crippen molar-refractivity contribution in [3.05, 3.63) is 15.6 Å². The smallest absolute Gasteiger partial charge is 0.113 e. The number of hydrogen-bond acceptors (Lipinski definition) is 4. The van der Waals surface area contributed by atoms with Crippen LogP contribution in [-0.4, -0.2) is 35.6 Å². The number of piperidine rings is 1. The number of aryl methyl sites for hydroxylation is 2. The summed E-state index contributed by atoms with van der Waals surface area (Å²) in [5.74, 6) is 0. The molecule has 3 rings (SSSR count). The highest BCUT2D eigenvalue weighted by Gasteiger charge is 2.41. The third kappa shape index (κ3) is 3.03. The van der Waals surface area contributed by atoms with Crippen molar-refractivity contribution in [1.29, 1.82) is 0 Å². The van der Waals surface area contributed by atoms with Gasteiger partial charge in [0.1, 0.15) is 5.01 Å². The number of nitrogens with one attached hydrogen (secondary N) is 1. The molecule has 0 radical (unpaired) electrons. The van der Waals surface area contributed by atoms with Crippen LogP contribution in [0.2, 0.25) is 0 Å². The Hall–Kier alpha value is -0.450. The van der Waals surface area contributed by atoms with E-state index >= 15 is 0 Å². The Morgan fingerprint density at radius 1 is 1.33 bits per heavy atom. The van der Waals surface area contributed by atoms with Gasteiger partial charge in [-0.15, -0.1) is 11.3 Å². The summed E-state index contributed by atoms with van der Waals surface area (Å²) >= 11 is 1.99. The zero-order valence-electron chi connectivity index (χ0n) is 13.9. The van der Waals surface area contributed by atoms with Crippen LogP contribution in [0.1, 0.15) is 62.0 Å². The van der Waals surface area contributed by atoms with Gasteiger partial charge in [0.2, 0.25) is 0 Å². The summed E-state index contributed by atoms with van der Waals surface area (Å²) in [4.78, 5) is 9.14. The van der Waals surface area contributed by atoms with Gasteiger partial charge >= 0.3 is 0 Å². The van der Waals surface area contributed by atoms with Crippen molar-refractivity contribution in [1.82, 2.24) is 15.2 Å². The van der Waals surface area contributed by atoms with E-state index in [-0.39, 0.29) is 5.54 Å². The van der Waals surface area contributed by atoms with Crippen molar-refractivity contribution >= 4 is 11.3 Å². The van der Waals surface area contributed by atoms with Crippen LogP contribution in [0.15, 0.2) is 0 Å². The van der Waals surface area contributed by atoms with E-state index in [2.05, 4.69) is 38.0 Å². The molecule has 1 N–H and O–H groups in total. The molecule has 1 fully saturated rings. The maximum atomic E-state index is 5.10. The van der Waals surface area contributed by atoms with Gasteiger partial charge in [0.15, 0.2) is 0 Å². The molecule has 21 heavy (non-hydrogen) atoms. The van der Waals surface area contributed by atoms with Crippen molar-refractivity contribution in [2.45, 2.75) is 76.9 Å². The van der Waals surface area contributed by atoms with Gasteiger partial charge in [-0.1, -0.05) is 0 Å². The maximum absolute atomic E-state index is 5.10. The largest absolute Gasteiger partial charge is 0.304 e. The molecule has 3 nitrogen and oxygen atoms in total. The van der Waals surface area contributed by atoms with Crippen LogP contribution >= 0.6 is 11.3 Å². The topological polar surface area (TPSA) is 28.2 Å². The minimum atomic E-state index is 0.0993. The molecule has 2 heterocycles. The molecule has 1 aromatic heterocycles. The predicted molar refractivity (Wildman–Crippen MR) is 90.0 cm³/mol. The summed E-state index contributed by atoms with van der Waals surface area (Å²) < 4.78 is 0. The van der Waals surface area contributed by atoms with Crippen LogP contribution in [0.4, 0.5) is 0 Å². The highest BCUT2D eigenvalue weighted by atomic mass is 32.1. The molecule has 2 aliphatic rings. The summed E-state index contributed by atoms with van der Waals surface area (Å²) in [5, 5.41) is 5.26.